The summed E-state index contributed by atoms with van der Waals surface area (Å²) in [6.45, 7) is 1.90. The molecule has 0 saturated heterocycles. The second-order valence-corrected chi connectivity index (χ2v) is 6.16. The molecule has 3 rings (SSSR count). The first-order valence-corrected chi connectivity index (χ1v) is 8.62. The number of hydrogen-bond acceptors (Lipinski definition) is 4. The molecule has 3 N–H and O–H groups in total. The Morgan fingerprint density at radius 2 is 1.64 bits per heavy atom. The number of hydrogen-bond donors (Lipinski definition) is 3. The number of benzene rings is 2. The highest BCUT2D eigenvalue weighted by Crippen LogP contribution is 2.17. The highest BCUT2D eigenvalue weighted by molar-refractivity contribution is 6.05. The van der Waals surface area contributed by atoms with Gasteiger partial charge in [-0.25, -0.2) is 4.39 Å². The lowest BCUT2D eigenvalue weighted by molar-refractivity contribution is -0.114. The maximum Gasteiger partial charge on any atom is 0.257 e. The van der Waals surface area contributed by atoms with Crippen LogP contribution in [0.15, 0.2) is 67.0 Å². The molecule has 0 atom stereocenters. The predicted octanol–water partition coefficient (Wildman–Crippen LogP) is 4.04. The first-order valence-electron chi connectivity index (χ1n) is 8.62. The third kappa shape index (κ3) is 5.38. The number of aromatic nitrogens is 1. The van der Waals surface area contributed by atoms with Gasteiger partial charge in [-0.2, -0.15) is 0 Å². The van der Waals surface area contributed by atoms with Gasteiger partial charge < -0.3 is 16.0 Å². The molecule has 28 heavy (non-hydrogen) atoms. The largest absolute Gasteiger partial charge is 0.380 e. The molecule has 0 spiro atoms. The van der Waals surface area contributed by atoms with Crippen molar-refractivity contribution in [1.29, 1.82) is 0 Å². The number of nitrogens with one attached hydrogen (secondary N) is 3. The zero-order valence-electron chi connectivity index (χ0n) is 15.2. The molecular formula is C21H19FN4O2. The Hall–Kier alpha value is -3.74. The molecule has 0 fully saturated rings. The normalized spacial score (nSPS) is 10.2. The Labute approximate surface area is 161 Å². The summed E-state index contributed by atoms with van der Waals surface area (Å²) in [6.07, 6.45) is 3.08. The van der Waals surface area contributed by atoms with Crippen LogP contribution in [0.3, 0.4) is 0 Å². The monoisotopic (exact) mass is 378 g/mol. The second-order valence-electron chi connectivity index (χ2n) is 6.16. The van der Waals surface area contributed by atoms with E-state index in [1.165, 1.54) is 25.3 Å². The minimum atomic E-state index is -0.321. The van der Waals surface area contributed by atoms with Gasteiger partial charge in [-0.15, -0.1) is 0 Å². The van der Waals surface area contributed by atoms with Crippen molar-refractivity contribution in [3.05, 3.63) is 83.9 Å². The van der Waals surface area contributed by atoms with Gasteiger partial charge in [0.2, 0.25) is 5.91 Å². The molecule has 0 aliphatic heterocycles. The molecule has 1 heterocycles. The van der Waals surface area contributed by atoms with Gasteiger partial charge in [0, 0.05) is 37.2 Å². The fourth-order valence-electron chi connectivity index (χ4n) is 2.55. The van der Waals surface area contributed by atoms with Crippen molar-refractivity contribution in [2.24, 2.45) is 0 Å². The fourth-order valence-corrected chi connectivity index (χ4v) is 2.55. The first-order chi connectivity index (χ1) is 13.5. The average Bonchev–Trinajstić information content (AvgIpc) is 2.67. The van der Waals surface area contributed by atoms with E-state index in [4.69, 9.17) is 0 Å². The quantitative estimate of drug-likeness (QED) is 0.604. The van der Waals surface area contributed by atoms with Crippen LogP contribution in [0, 0.1) is 5.82 Å². The molecule has 0 radical (unpaired) electrons. The SMILES string of the molecule is CC(=O)Nc1cccc(NC(=O)c2cncc(NCc3ccc(F)cc3)c2)c1. The van der Waals surface area contributed by atoms with Crippen molar-refractivity contribution >= 4 is 28.9 Å². The van der Waals surface area contributed by atoms with Crippen molar-refractivity contribution in [2.75, 3.05) is 16.0 Å². The Bertz CT molecular complexity index is 990. The van der Waals surface area contributed by atoms with Crippen LogP contribution in [-0.4, -0.2) is 16.8 Å². The van der Waals surface area contributed by atoms with Crippen LogP contribution in [0.4, 0.5) is 21.5 Å². The summed E-state index contributed by atoms with van der Waals surface area (Å²) in [6, 6.07) is 14.7. The molecule has 3 aromatic rings. The molecule has 0 saturated carbocycles. The number of rotatable bonds is 6. The number of nitrogens with zero attached hydrogens (tertiary/aromatic N) is 1. The molecule has 1 aromatic heterocycles. The molecule has 0 aliphatic carbocycles. The molecule has 2 amide bonds. The van der Waals surface area contributed by atoms with Gasteiger partial charge in [-0.3, -0.25) is 14.6 Å². The molecule has 0 bridgehead atoms. The van der Waals surface area contributed by atoms with Gasteiger partial charge in [0.05, 0.1) is 11.3 Å². The number of carbonyl (C=O) groups excluding carboxylic acids is 2. The summed E-state index contributed by atoms with van der Waals surface area (Å²) in [5, 5.41) is 8.60. The van der Waals surface area contributed by atoms with E-state index in [0.717, 1.165) is 5.56 Å². The van der Waals surface area contributed by atoms with Crippen LogP contribution in [-0.2, 0) is 11.3 Å². The molecular weight excluding hydrogens is 359 g/mol. The molecule has 2 aromatic carbocycles. The van der Waals surface area contributed by atoms with Crippen molar-refractivity contribution in [1.82, 2.24) is 4.98 Å². The van der Waals surface area contributed by atoms with Crippen LogP contribution < -0.4 is 16.0 Å². The average molecular weight is 378 g/mol. The number of halogens is 1. The third-order valence-electron chi connectivity index (χ3n) is 3.85. The van der Waals surface area contributed by atoms with Gasteiger partial charge in [0.15, 0.2) is 0 Å². The third-order valence-corrected chi connectivity index (χ3v) is 3.85. The summed E-state index contributed by atoms with van der Waals surface area (Å²) >= 11 is 0. The maximum atomic E-state index is 13.0. The number of anilines is 3. The van der Waals surface area contributed by atoms with Gasteiger partial charge in [0.25, 0.3) is 5.91 Å². The van der Waals surface area contributed by atoms with E-state index in [0.29, 0.717) is 29.2 Å². The van der Waals surface area contributed by atoms with Gasteiger partial charge in [0.1, 0.15) is 5.82 Å². The summed E-state index contributed by atoms with van der Waals surface area (Å²) < 4.78 is 13.0. The van der Waals surface area contributed by atoms with Crippen molar-refractivity contribution < 1.29 is 14.0 Å². The zero-order chi connectivity index (χ0) is 19.9. The topological polar surface area (TPSA) is 83.1 Å². The summed E-state index contributed by atoms with van der Waals surface area (Å²) in [7, 11) is 0. The second kappa shape index (κ2) is 8.77. The Morgan fingerprint density at radius 3 is 2.36 bits per heavy atom. The van der Waals surface area contributed by atoms with E-state index in [1.54, 1.807) is 48.7 Å². The van der Waals surface area contributed by atoms with Crippen LogP contribution >= 0.6 is 0 Å². The number of carbonyl (C=O) groups is 2. The van der Waals surface area contributed by atoms with E-state index >= 15 is 0 Å². The molecule has 0 aliphatic rings. The Morgan fingerprint density at radius 1 is 0.929 bits per heavy atom. The minimum absolute atomic E-state index is 0.187. The zero-order valence-corrected chi connectivity index (χ0v) is 15.2. The van der Waals surface area contributed by atoms with Crippen LogP contribution in [0.25, 0.3) is 0 Å². The van der Waals surface area contributed by atoms with E-state index in [1.807, 2.05) is 0 Å². The van der Waals surface area contributed by atoms with E-state index in [9.17, 15) is 14.0 Å². The molecule has 0 unspecified atom stereocenters. The van der Waals surface area contributed by atoms with Gasteiger partial charge in [-0.1, -0.05) is 18.2 Å². The van der Waals surface area contributed by atoms with Gasteiger partial charge in [-0.05, 0) is 42.0 Å². The van der Waals surface area contributed by atoms with Crippen molar-refractivity contribution in [3.8, 4) is 0 Å². The fraction of sp³-hybridized carbons (Fsp3) is 0.0952. The standard InChI is InChI=1S/C21H19FN4O2/c1-14(27)25-18-3-2-4-19(10-18)26-21(28)16-9-20(13-23-12-16)24-11-15-5-7-17(22)8-6-15/h2-10,12-13,24H,11H2,1H3,(H,25,27)(H,26,28). The number of amides is 2. The smallest absolute Gasteiger partial charge is 0.257 e. The molecule has 6 nitrogen and oxygen atoms in total. The lowest BCUT2D eigenvalue weighted by Crippen LogP contribution is -2.13. The summed E-state index contributed by atoms with van der Waals surface area (Å²) in [5.41, 5.74) is 3.11. The lowest BCUT2D eigenvalue weighted by Gasteiger charge is -2.10. The molecule has 7 heteroatoms. The van der Waals surface area contributed by atoms with E-state index < -0.39 is 0 Å². The van der Waals surface area contributed by atoms with Crippen LogP contribution in [0.2, 0.25) is 0 Å². The van der Waals surface area contributed by atoms with E-state index in [-0.39, 0.29) is 17.6 Å². The highest BCUT2D eigenvalue weighted by atomic mass is 19.1. The first kappa shape index (κ1) is 19.0. The van der Waals surface area contributed by atoms with Crippen LogP contribution in [0.1, 0.15) is 22.8 Å². The maximum absolute atomic E-state index is 13.0. The lowest BCUT2D eigenvalue weighted by atomic mass is 10.2. The Balaban J connectivity index is 1.65. The van der Waals surface area contributed by atoms with Crippen LogP contribution in [0.5, 0.6) is 0 Å². The number of pyridine rings is 1. The van der Waals surface area contributed by atoms with Gasteiger partial charge >= 0.3 is 0 Å². The Kier molecular flexibility index (Phi) is 5.96. The summed E-state index contributed by atoms with van der Waals surface area (Å²) in [5.74, 6) is -0.794. The summed E-state index contributed by atoms with van der Waals surface area (Å²) in [4.78, 5) is 27.7. The molecule has 142 valence electrons. The van der Waals surface area contributed by atoms with Crippen molar-refractivity contribution in [3.63, 3.8) is 0 Å². The minimum Gasteiger partial charge on any atom is -0.380 e. The van der Waals surface area contributed by atoms with E-state index in [2.05, 4.69) is 20.9 Å². The predicted molar refractivity (Wildman–Crippen MR) is 107 cm³/mol. The van der Waals surface area contributed by atoms with Crippen molar-refractivity contribution in [2.45, 2.75) is 13.5 Å². The highest BCUT2D eigenvalue weighted by Gasteiger charge is 2.08.